The monoisotopic (exact) mass is 306 g/mol. The Morgan fingerprint density at radius 2 is 1.57 bits per heavy atom. The van der Waals surface area contributed by atoms with Crippen LogP contribution in [0.15, 0.2) is 54.7 Å². The Morgan fingerprint density at radius 1 is 0.913 bits per heavy atom. The fourth-order valence-electron chi connectivity index (χ4n) is 3.52. The Bertz CT molecular complexity index is 794. The minimum atomic E-state index is 0.414. The van der Waals surface area contributed by atoms with Gasteiger partial charge in [0.15, 0.2) is 0 Å². The van der Waals surface area contributed by atoms with Crippen molar-refractivity contribution in [2.75, 3.05) is 19.0 Å². The van der Waals surface area contributed by atoms with E-state index in [1.807, 2.05) is 0 Å². The molecular formula is C21H26N2. The molecule has 1 atom stereocenters. The maximum Gasteiger partial charge on any atom is 0.0480 e. The lowest BCUT2D eigenvalue weighted by molar-refractivity contribution is 0.565. The molecule has 23 heavy (non-hydrogen) atoms. The van der Waals surface area contributed by atoms with Crippen LogP contribution >= 0.6 is 0 Å². The largest absolute Gasteiger partial charge is 0.378 e. The van der Waals surface area contributed by atoms with E-state index in [0.717, 1.165) is 0 Å². The van der Waals surface area contributed by atoms with Crippen LogP contribution < -0.4 is 4.90 Å². The molecule has 0 aliphatic carbocycles. The number of hydrogen-bond donors (Lipinski definition) is 0. The Morgan fingerprint density at radius 3 is 2.17 bits per heavy atom. The van der Waals surface area contributed by atoms with Gasteiger partial charge in [0.05, 0.1) is 0 Å². The van der Waals surface area contributed by atoms with Crippen LogP contribution in [0.3, 0.4) is 0 Å². The molecule has 3 rings (SSSR count). The van der Waals surface area contributed by atoms with E-state index in [2.05, 4.69) is 99.2 Å². The van der Waals surface area contributed by atoms with Crippen LogP contribution in [0.25, 0.3) is 10.9 Å². The van der Waals surface area contributed by atoms with E-state index in [1.165, 1.54) is 27.7 Å². The minimum absolute atomic E-state index is 0.414. The first-order valence-electron chi connectivity index (χ1n) is 8.30. The van der Waals surface area contributed by atoms with E-state index in [9.17, 15) is 0 Å². The Labute approximate surface area is 139 Å². The number of nitrogens with zero attached hydrogens (tertiary/aromatic N) is 2. The molecule has 1 heterocycles. The molecule has 1 unspecified atom stereocenters. The van der Waals surface area contributed by atoms with Crippen molar-refractivity contribution >= 4 is 16.6 Å². The van der Waals surface area contributed by atoms with Crippen LogP contribution in [0.5, 0.6) is 0 Å². The standard InChI is InChI=1S/C21H26N2/c1-15(2)21(16-10-12-17(13-11-16)22(3)4)19-14-23(5)20-9-7-6-8-18(19)20/h6-15,21H,1-5H3. The summed E-state index contributed by atoms with van der Waals surface area (Å²) < 4.78 is 2.24. The molecular weight excluding hydrogens is 280 g/mol. The summed E-state index contributed by atoms with van der Waals surface area (Å²) in [7, 11) is 6.30. The third-order valence-electron chi connectivity index (χ3n) is 4.70. The van der Waals surface area contributed by atoms with Gasteiger partial charge in [0.2, 0.25) is 0 Å². The molecule has 0 radical (unpaired) electrons. The average Bonchev–Trinajstić information content (AvgIpc) is 2.85. The molecule has 0 N–H and O–H groups in total. The highest BCUT2D eigenvalue weighted by atomic mass is 15.1. The third-order valence-corrected chi connectivity index (χ3v) is 4.70. The zero-order valence-electron chi connectivity index (χ0n) is 14.7. The quantitative estimate of drug-likeness (QED) is 0.656. The minimum Gasteiger partial charge on any atom is -0.378 e. The van der Waals surface area contributed by atoms with Crippen molar-refractivity contribution in [1.82, 2.24) is 4.57 Å². The van der Waals surface area contributed by atoms with Gasteiger partial charge in [-0.3, -0.25) is 0 Å². The van der Waals surface area contributed by atoms with Crippen LogP contribution in [-0.2, 0) is 7.05 Å². The van der Waals surface area contributed by atoms with Gasteiger partial charge in [-0.1, -0.05) is 44.2 Å². The lowest BCUT2D eigenvalue weighted by Crippen LogP contribution is -2.11. The first kappa shape index (κ1) is 15.7. The highest BCUT2D eigenvalue weighted by molar-refractivity contribution is 5.85. The maximum atomic E-state index is 2.31. The number of anilines is 1. The van der Waals surface area contributed by atoms with Crippen molar-refractivity contribution < 1.29 is 0 Å². The molecule has 0 aliphatic rings. The number of hydrogen-bond acceptors (Lipinski definition) is 1. The summed E-state index contributed by atoms with van der Waals surface area (Å²) in [6, 6.07) is 17.7. The van der Waals surface area contributed by atoms with Crippen LogP contribution in [0.4, 0.5) is 5.69 Å². The van der Waals surface area contributed by atoms with Gasteiger partial charge in [0.1, 0.15) is 0 Å². The van der Waals surface area contributed by atoms with Crippen molar-refractivity contribution in [1.29, 1.82) is 0 Å². The molecule has 0 fully saturated rings. The predicted octanol–water partition coefficient (Wildman–Crippen LogP) is 5.03. The summed E-state index contributed by atoms with van der Waals surface area (Å²) >= 11 is 0. The molecule has 2 heteroatoms. The topological polar surface area (TPSA) is 8.17 Å². The van der Waals surface area contributed by atoms with Crippen molar-refractivity contribution in [2.24, 2.45) is 13.0 Å². The maximum absolute atomic E-state index is 2.31. The molecule has 0 saturated heterocycles. The Hall–Kier alpha value is -2.22. The van der Waals surface area contributed by atoms with Crippen molar-refractivity contribution in [3.05, 3.63) is 65.9 Å². The molecule has 120 valence electrons. The SMILES string of the molecule is CC(C)C(c1ccc(N(C)C)cc1)c1cn(C)c2ccccc12. The van der Waals surface area contributed by atoms with Gasteiger partial charge < -0.3 is 9.47 Å². The summed E-state index contributed by atoms with van der Waals surface area (Å²) in [5.41, 5.74) is 5.37. The Kier molecular flexibility index (Phi) is 4.16. The molecule has 3 aromatic rings. The summed E-state index contributed by atoms with van der Waals surface area (Å²) in [6.07, 6.45) is 2.30. The zero-order valence-corrected chi connectivity index (χ0v) is 14.7. The molecule has 0 bridgehead atoms. The van der Waals surface area contributed by atoms with Crippen LogP contribution in [0.1, 0.15) is 30.9 Å². The average molecular weight is 306 g/mol. The second-order valence-electron chi connectivity index (χ2n) is 6.92. The number of fused-ring (bicyclic) bond motifs is 1. The van der Waals surface area contributed by atoms with E-state index in [4.69, 9.17) is 0 Å². The number of benzene rings is 2. The first-order chi connectivity index (χ1) is 11.0. The fraction of sp³-hybridized carbons (Fsp3) is 0.333. The highest BCUT2D eigenvalue weighted by Crippen LogP contribution is 2.37. The second-order valence-corrected chi connectivity index (χ2v) is 6.92. The van der Waals surface area contributed by atoms with Gasteiger partial charge in [-0.25, -0.2) is 0 Å². The summed E-state index contributed by atoms with van der Waals surface area (Å²) in [4.78, 5) is 2.14. The number of aromatic nitrogens is 1. The number of aryl methyl sites for hydroxylation is 1. The van der Waals surface area contributed by atoms with Gasteiger partial charge in [-0.05, 0) is 35.2 Å². The van der Waals surface area contributed by atoms with E-state index >= 15 is 0 Å². The summed E-state index contributed by atoms with van der Waals surface area (Å²) in [6.45, 7) is 4.62. The van der Waals surface area contributed by atoms with Crippen molar-refractivity contribution in [3.8, 4) is 0 Å². The molecule has 0 saturated carbocycles. The Balaban J connectivity index is 2.11. The third kappa shape index (κ3) is 2.86. The van der Waals surface area contributed by atoms with E-state index in [1.54, 1.807) is 0 Å². The van der Waals surface area contributed by atoms with E-state index < -0.39 is 0 Å². The normalized spacial score (nSPS) is 12.8. The first-order valence-corrected chi connectivity index (χ1v) is 8.30. The lowest BCUT2D eigenvalue weighted by atomic mass is 9.82. The molecule has 0 amide bonds. The van der Waals surface area contributed by atoms with Gasteiger partial charge >= 0.3 is 0 Å². The fourth-order valence-corrected chi connectivity index (χ4v) is 3.52. The predicted molar refractivity (Wildman–Crippen MR) is 100 cm³/mol. The van der Waals surface area contributed by atoms with Gasteiger partial charge in [-0.2, -0.15) is 0 Å². The smallest absolute Gasteiger partial charge is 0.0480 e. The molecule has 0 aliphatic heterocycles. The number of para-hydroxylation sites is 1. The van der Waals surface area contributed by atoms with Gasteiger partial charge in [0, 0.05) is 49.8 Å². The molecule has 0 spiro atoms. The van der Waals surface area contributed by atoms with Crippen LogP contribution in [0, 0.1) is 5.92 Å². The summed E-state index contributed by atoms with van der Waals surface area (Å²) in [5.74, 6) is 0.961. The van der Waals surface area contributed by atoms with Crippen molar-refractivity contribution in [2.45, 2.75) is 19.8 Å². The van der Waals surface area contributed by atoms with E-state index in [-0.39, 0.29) is 0 Å². The molecule has 1 aromatic heterocycles. The highest BCUT2D eigenvalue weighted by Gasteiger charge is 2.22. The van der Waals surface area contributed by atoms with Gasteiger partial charge in [-0.15, -0.1) is 0 Å². The molecule has 2 nitrogen and oxygen atoms in total. The molecule has 2 aromatic carbocycles. The second kappa shape index (κ2) is 6.11. The summed E-state index contributed by atoms with van der Waals surface area (Å²) in [5, 5.41) is 1.37. The van der Waals surface area contributed by atoms with E-state index in [0.29, 0.717) is 11.8 Å². The van der Waals surface area contributed by atoms with Gasteiger partial charge in [0.25, 0.3) is 0 Å². The van der Waals surface area contributed by atoms with Crippen molar-refractivity contribution in [3.63, 3.8) is 0 Å². The zero-order chi connectivity index (χ0) is 16.6. The van der Waals surface area contributed by atoms with Crippen LogP contribution in [0.2, 0.25) is 0 Å². The van der Waals surface area contributed by atoms with Crippen LogP contribution in [-0.4, -0.2) is 18.7 Å². The number of rotatable bonds is 4. The lowest BCUT2D eigenvalue weighted by Gasteiger charge is -2.22.